The molecule has 1 aliphatic carbocycles. The molecule has 0 radical (unpaired) electrons. The monoisotopic (exact) mass is 577 g/mol. The number of Topliss-reactive ketones (excluding diaryl/α,β-unsaturated/α-hetero) is 1. The minimum atomic E-state index is -0.561. The largest absolute Gasteiger partial charge is 0.444 e. The minimum Gasteiger partial charge on any atom is -0.444 e. The number of carbonyl (C=O) groups excluding carboxylic acids is 4. The van der Waals surface area contributed by atoms with Crippen LogP contribution in [0.1, 0.15) is 89.5 Å². The number of terminal acetylenes is 1. The molecule has 1 aliphatic heterocycles. The first-order valence-electron chi connectivity index (χ1n) is 14.3. The maximum atomic E-state index is 11.4. The molecule has 8 nitrogen and oxygen atoms in total. The molecule has 2 aliphatic rings. The molecule has 0 spiro atoms. The zero-order valence-corrected chi connectivity index (χ0v) is 28.2. The number of amides is 2. The molecule has 4 atom stereocenters. The van der Waals surface area contributed by atoms with Crippen molar-refractivity contribution >= 4 is 24.1 Å². The fourth-order valence-electron chi connectivity index (χ4n) is 3.31. The number of carbonyl (C=O) groups is 4. The number of hydrogen-bond acceptors (Lipinski definition) is 6. The van der Waals surface area contributed by atoms with Crippen LogP contribution in [0.3, 0.4) is 0 Å². The van der Waals surface area contributed by atoms with Gasteiger partial charge in [-0.2, -0.15) is 0 Å². The van der Waals surface area contributed by atoms with Crippen molar-refractivity contribution in [1.29, 1.82) is 0 Å². The molecule has 0 saturated heterocycles. The molecule has 2 rings (SSSR count). The van der Waals surface area contributed by atoms with E-state index < -0.39 is 17.7 Å². The molecule has 0 fully saturated rings. The second kappa shape index (κ2) is 24.6. The van der Waals surface area contributed by atoms with Gasteiger partial charge in [0.2, 0.25) is 5.91 Å². The fourth-order valence-corrected chi connectivity index (χ4v) is 3.31. The number of ketones is 1. The number of ether oxygens (including phenoxy) is 1. The third kappa shape index (κ3) is 22.2. The van der Waals surface area contributed by atoms with Crippen molar-refractivity contribution in [2.45, 2.75) is 107 Å². The van der Waals surface area contributed by atoms with Gasteiger partial charge in [0.25, 0.3) is 0 Å². The van der Waals surface area contributed by atoms with E-state index in [4.69, 9.17) is 4.74 Å². The topological polar surface area (TPSA) is 105 Å². The van der Waals surface area contributed by atoms with Gasteiger partial charge in [-0.1, -0.05) is 85.8 Å². The Morgan fingerprint density at radius 3 is 1.83 bits per heavy atom. The third-order valence-electron chi connectivity index (χ3n) is 5.24. The molecular formula is C33H59N3O5. The van der Waals surface area contributed by atoms with Crippen molar-refractivity contribution < 1.29 is 23.9 Å². The van der Waals surface area contributed by atoms with E-state index in [9.17, 15) is 19.2 Å². The number of nitrogens with one attached hydrogen (secondary N) is 2. The molecule has 1 heterocycles. The van der Waals surface area contributed by atoms with Gasteiger partial charge in [-0.05, 0) is 53.6 Å². The highest BCUT2D eigenvalue weighted by Crippen LogP contribution is 2.23. The van der Waals surface area contributed by atoms with E-state index in [-0.39, 0.29) is 35.0 Å². The molecule has 0 bridgehead atoms. The van der Waals surface area contributed by atoms with E-state index >= 15 is 0 Å². The summed E-state index contributed by atoms with van der Waals surface area (Å²) in [5.74, 6) is 0.638. The number of allylic oxidation sites excluding steroid dienone is 4. The van der Waals surface area contributed by atoms with Crippen molar-refractivity contribution in [1.82, 2.24) is 15.5 Å². The van der Waals surface area contributed by atoms with E-state index in [0.29, 0.717) is 0 Å². The van der Waals surface area contributed by atoms with Crippen molar-refractivity contribution in [3.05, 3.63) is 36.6 Å². The van der Waals surface area contributed by atoms with Gasteiger partial charge < -0.3 is 20.2 Å². The van der Waals surface area contributed by atoms with Crippen molar-refractivity contribution in [2.24, 2.45) is 17.3 Å². The Bertz CT molecular complexity index is 843. The highest BCUT2D eigenvalue weighted by molar-refractivity contribution is 5.83. The van der Waals surface area contributed by atoms with Gasteiger partial charge in [-0.3, -0.25) is 14.5 Å². The lowest BCUT2D eigenvalue weighted by molar-refractivity contribution is -0.124. The van der Waals surface area contributed by atoms with E-state index in [2.05, 4.69) is 23.5 Å². The highest BCUT2D eigenvalue weighted by Gasteiger charge is 2.28. The van der Waals surface area contributed by atoms with Crippen LogP contribution in [-0.2, 0) is 19.1 Å². The van der Waals surface area contributed by atoms with Crippen molar-refractivity contribution in [2.75, 3.05) is 14.1 Å². The number of nitrogens with zero attached hydrogens (tertiary/aromatic N) is 1. The van der Waals surface area contributed by atoms with E-state index in [1.165, 1.54) is 0 Å². The Morgan fingerprint density at radius 2 is 1.51 bits per heavy atom. The summed E-state index contributed by atoms with van der Waals surface area (Å²) < 4.78 is 5.06. The maximum absolute atomic E-state index is 11.4. The first-order chi connectivity index (χ1) is 19.0. The average molecular weight is 578 g/mol. The number of hydrogen-bond donors (Lipinski definition) is 2. The molecule has 3 unspecified atom stereocenters. The molecule has 8 heteroatoms. The van der Waals surface area contributed by atoms with Gasteiger partial charge in [-0.25, -0.2) is 4.79 Å². The van der Waals surface area contributed by atoms with E-state index in [1.807, 2.05) is 105 Å². The van der Waals surface area contributed by atoms with Gasteiger partial charge >= 0.3 is 6.09 Å². The van der Waals surface area contributed by atoms with Crippen molar-refractivity contribution in [3.63, 3.8) is 0 Å². The Balaban J connectivity index is -0.000000234. The second-order valence-electron chi connectivity index (χ2n) is 10.9. The summed E-state index contributed by atoms with van der Waals surface area (Å²) in [6.45, 7) is 22.6. The number of likely N-dealkylation sites (N-methyl/N-ethyl adjacent to an activating group) is 1. The quantitative estimate of drug-likeness (QED) is 0.292. The number of fused-ring (bicyclic) bond motifs is 1. The molecule has 0 aromatic carbocycles. The van der Waals surface area contributed by atoms with Gasteiger partial charge in [-0.15, -0.1) is 12.8 Å². The fraction of sp³-hybridized carbons (Fsp3) is 0.636. The molecule has 2 N–H and O–H groups in total. The predicted octanol–water partition coefficient (Wildman–Crippen LogP) is 6.33. The lowest BCUT2D eigenvalue weighted by Gasteiger charge is -2.28. The van der Waals surface area contributed by atoms with Gasteiger partial charge in [0.1, 0.15) is 17.7 Å². The van der Waals surface area contributed by atoms with Gasteiger partial charge in [0.15, 0.2) is 0 Å². The first kappa shape index (κ1) is 44.8. The summed E-state index contributed by atoms with van der Waals surface area (Å²) in [4.78, 5) is 46.1. The predicted molar refractivity (Wildman–Crippen MR) is 172 cm³/mol. The third-order valence-corrected chi connectivity index (χ3v) is 5.24. The van der Waals surface area contributed by atoms with Crippen LogP contribution >= 0.6 is 0 Å². The van der Waals surface area contributed by atoms with Crippen LogP contribution < -0.4 is 10.6 Å². The van der Waals surface area contributed by atoms with Crippen LogP contribution in [-0.4, -0.2) is 60.7 Å². The highest BCUT2D eigenvalue weighted by atomic mass is 16.6. The summed E-state index contributed by atoms with van der Waals surface area (Å²) >= 11 is 0. The van der Waals surface area contributed by atoms with Crippen LogP contribution in [0.4, 0.5) is 4.79 Å². The number of alkyl carbamates (subject to hydrolysis) is 1. The lowest BCUT2D eigenvalue weighted by atomic mass is 9.86. The van der Waals surface area contributed by atoms with Crippen LogP contribution in [0.2, 0.25) is 0 Å². The summed E-state index contributed by atoms with van der Waals surface area (Å²) in [5, 5.41) is 5.21. The van der Waals surface area contributed by atoms with Crippen LogP contribution in [0, 0.1) is 30.1 Å². The van der Waals surface area contributed by atoms with E-state index in [0.717, 1.165) is 12.7 Å². The number of aldehydes is 1. The first-order valence-corrected chi connectivity index (χ1v) is 14.3. The molecule has 2 amide bonds. The smallest absolute Gasteiger partial charge is 0.408 e. The van der Waals surface area contributed by atoms with Crippen LogP contribution in [0.15, 0.2) is 36.6 Å². The summed E-state index contributed by atoms with van der Waals surface area (Å²) in [5.41, 5.74) is -0.853. The molecule has 0 aromatic heterocycles. The summed E-state index contributed by atoms with van der Waals surface area (Å²) in [6.07, 6.45) is 20.7. The zero-order valence-electron chi connectivity index (χ0n) is 28.2. The molecule has 0 saturated carbocycles. The second-order valence-corrected chi connectivity index (χ2v) is 10.9. The van der Waals surface area contributed by atoms with Gasteiger partial charge in [0, 0.05) is 12.1 Å². The van der Waals surface area contributed by atoms with Crippen LogP contribution in [0.25, 0.3) is 0 Å². The maximum Gasteiger partial charge on any atom is 0.408 e. The molecule has 41 heavy (non-hydrogen) atoms. The standard InChI is InChI=1S/C11H21NO3.C9H9NO.C7H15NO.2C2H6.C2H2/c1-10(2,3)8(7-13)12-9(14)15-11(4,5)6;11-9-8-4-2-1-3-7(8)5-6-10-9;1-5-7(6(2)9)8(3)4;3*1-2/h7-8H,1-6H3,(H,12,14);1-8H,(H,10,11);7H,5H2,1-4H3;2*1-2H3;1-2H/t;;7-;;;/m..0.../s1. The number of rotatable bonds is 5. The minimum absolute atomic E-state index is 0.0185. The molecule has 0 aromatic rings. The average Bonchev–Trinajstić information content (AvgIpc) is 2.90. The SMILES string of the molecule is C#C.CC.CC.CC(C)(C)OC(=O)NC(C=O)C(C)(C)C.CC[C@@H](C(C)=O)N(C)C.O=C1NC=CC2C=CC=CC12. The van der Waals surface area contributed by atoms with Gasteiger partial charge in [0.05, 0.1) is 18.0 Å². The van der Waals surface area contributed by atoms with Crippen molar-refractivity contribution in [3.8, 4) is 12.8 Å². The van der Waals surface area contributed by atoms with Crippen LogP contribution in [0.5, 0.6) is 0 Å². The Labute approximate surface area is 251 Å². The molecular weight excluding hydrogens is 518 g/mol. The summed E-state index contributed by atoms with van der Waals surface area (Å²) in [6, 6.07) is -0.419. The molecule has 236 valence electrons. The Hall–Kier alpha value is -3.18. The Morgan fingerprint density at radius 1 is 1.02 bits per heavy atom. The zero-order chi connectivity index (χ0) is 33.4. The Kier molecular flexibility index (Phi) is 26.9. The van der Waals surface area contributed by atoms with E-state index in [1.54, 1.807) is 33.9 Å². The normalized spacial score (nSPS) is 17.5. The lowest BCUT2D eigenvalue weighted by Crippen LogP contribution is -2.46. The summed E-state index contributed by atoms with van der Waals surface area (Å²) in [7, 11) is 3.85.